The maximum Gasteiger partial charge on any atom is 0.288 e. The molecule has 1 amide bonds. The lowest BCUT2D eigenvalue weighted by atomic mass is 9.93. The third kappa shape index (κ3) is 2.82. The van der Waals surface area contributed by atoms with Gasteiger partial charge in [0.1, 0.15) is 6.33 Å². The summed E-state index contributed by atoms with van der Waals surface area (Å²) in [5.74, 6) is 0.911. The fourth-order valence-corrected chi connectivity index (χ4v) is 2.23. The Morgan fingerprint density at radius 1 is 1.71 bits per heavy atom. The second-order valence-corrected chi connectivity index (χ2v) is 4.67. The van der Waals surface area contributed by atoms with Crippen molar-refractivity contribution in [2.24, 2.45) is 11.8 Å². The molecule has 1 aromatic heterocycles. The molecule has 2 N–H and O–H groups in total. The standard InChI is InChI=1S/C11H18N4O2/c1-7(2)9-8(3-4-17-9)5-12-11(16)10-13-6-14-15-10/h6-9H,3-5H2,1-2H3,(H,12,16)(H,13,14,15)/t8-,9-/m1/s1. The Balaban J connectivity index is 1.84. The third-order valence-corrected chi connectivity index (χ3v) is 3.08. The van der Waals surface area contributed by atoms with E-state index in [1.54, 1.807) is 0 Å². The lowest BCUT2D eigenvalue weighted by molar-refractivity contribution is 0.0532. The van der Waals surface area contributed by atoms with Gasteiger partial charge in [-0.25, -0.2) is 4.98 Å². The minimum absolute atomic E-state index is 0.211. The van der Waals surface area contributed by atoms with Crippen molar-refractivity contribution in [2.75, 3.05) is 13.2 Å². The number of amides is 1. The molecule has 6 heteroatoms. The minimum atomic E-state index is -0.211. The fraction of sp³-hybridized carbons (Fsp3) is 0.727. The van der Waals surface area contributed by atoms with Gasteiger partial charge in [-0.15, -0.1) is 0 Å². The minimum Gasteiger partial charge on any atom is -0.378 e. The van der Waals surface area contributed by atoms with Crippen LogP contribution in [0.4, 0.5) is 0 Å². The number of hydrogen-bond donors (Lipinski definition) is 2. The first-order valence-corrected chi connectivity index (χ1v) is 5.93. The van der Waals surface area contributed by atoms with Crippen LogP contribution in [0.5, 0.6) is 0 Å². The predicted molar refractivity (Wildman–Crippen MR) is 61.4 cm³/mol. The van der Waals surface area contributed by atoms with Crippen molar-refractivity contribution < 1.29 is 9.53 Å². The van der Waals surface area contributed by atoms with E-state index in [0.717, 1.165) is 13.0 Å². The Morgan fingerprint density at radius 3 is 3.18 bits per heavy atom. The van der Waals surface area contributed by atoms with Gasteiger partial charge >= 0.3 is 0 Å². The molecule has 0 spiro atoms. The van der Waals surface area contributed by atoms with E-state index in [1.807, 2.05) is 0 Å². The van der Waals surface area contributed by atoms with Gasteiger partial charge in [0.15, 0.2) is 0 Å². The van der Waals surface area contributed by atoms with E-state index in [1.165, 1.54) is 6.33 Å². The zero-order chi connectivity index (χ0) is 12.3. The summed E-state index contributed by atoms with van der Waals surface area (Å²) in [5.41, 5.74) is 0. The van der Waals surface area contributed by atoms with Crippen LogP contribution in [0.3, 0.4) is 0 Å². The molecule has 1 aliphatic rings. The summed E-state index contributed by atoms with van der Waals surface area (Å²) in [6, 6.07) is 0. The maximum atomic E-state index is 11.7. The number of aromatic nitrogens is 3. The van der Waals surface area contributed by atoms with Crippen LogP contribution < -0.4 is 5.32 Å². The van der Waals surface area contributed by atoms with Crippen molar-refractivity contribution in [1.29, 1.82) is 0 Å². The molecule has 2 atom stereocenters. The average molecular weight is 238 g/mol. The van der Waals surface area contributed by atoms with Crippen LogP contribution in [0.25, 0.3) is 0 Å². The first-order valence-electron chi connectivity index (χ1n) is 5.93. The molecule has 0 bridgehead atoms. The van der Waals surface area contributed by atoms with Crippen molar-refractivity contribution in [3.05, 3.63) is 12.2 Å². The maximum absolute atomic E-state index is 11.7. The number of nitrogens with zero attached hydrogens (tertiary/aromatic N) is 2. The van der Waals surface area contributed by atoms with Crippen molar-refractivity contribution >= 4 is 5.91 Å². The topological polar surface area (TPSA) is 79.9 Å². The summed E-state index contributed by atoms with van der Waals surface area (Å²) >= 11 is 0. The molecule has 1 aromatic rings. The number of carbonyl (C=O) groups excluding carboxylic acids is 1. The Hall–Kier alpha value is -1.43. The van der Waals surface area contributed by atoms with Gasteiger partial charge < -0.3 is 10.1 Å². The molecule has 0 unspecified atom stereocenters. The normalized spacial score (nSPS) is 24.2. The summed E-state index contributed by atoms with van der Waals surface area (Å²) in [7, 11) is 0. The van der Waals surface area contributed by atoms with Crippen LogP contribution in [0, 0.1) is 11.8 Å². The van der Waals surface area contributed by atoms with E-state index in [9.17, 15) is 4.79 Å². The first-order chi connectivity index (χ1) is 8.18. The lowest BCUT2D eigenvalue weighted by Crippen LogP contribution is -2.35. The van der Waals surface area contributed by atoms with Crippen LogP contribution in [0.15, 0.2) is 6.33 Å². The van der Waals surface area contributed by atoms with Gasteiger partial charge in [0.25, 0.3) is 5.91 Å². The quantitative estimate of drug-likeness (QED) is 0.804. The number of H-pyrrole nitrogens is 1. The number of ether oxygens (including phenoxy) is 1. The van der Waals surface area contributed by atoms with E-state index in [4.69, 9.17) is 4.74 Å². The third-order valence-electron chi connectivity index (χ3n) is 3.08. The van der Waals surface area contributed by atoms with Gasteiger partial charge in [-0.1, -0.05) is 13.8 Å². The highest BCUT2D eigenvalue weighted by molar-refractivity contribution is 5.90. The monoisotopic (exact) mass is 238 g/mol. The van der Waals surface area contributed by atoms with E-state index in [-0.39, 0.29) is 17.8 Å². The van der Waals surface area contributed by atoms with Crippen molar-refractivity contribution in [3.63, 3.8) is 0 Å². The Labute approximate surface area is 100 Å². The Morgan fingerprint density at radius 2 is 2.53 bits per heavy atom. The number of aromatic amines is 1. The van der Waals surface area contributed by atoms with Crippen LogP contribution in [-0.2, 0) is 4.74 Å². The number of hydrogen-bond acceptors (Lipinski definition) is 4. The van der Waals surface area contributed by atoms with E-state index >= 15 is 0 Å². The lowest BCUT2D eigenvalue weighted by Gasteiger charge is -2.21. The average Bonchev–Trinajstić information content (AvgIpc) is 2.96. The van der Waals surface area contributed by atoms with Crippen molar-refractivity contribution in [2.45, 2.75) is 26.4 Å². The molecule has 0 aromatic carbocycles. The summed E-state index contributed by atoms with van der Waals surface area (Å²) in [6.45, 7) is 5.69. The molecule has 1 saturated heterocycles. The van der Waals surface area contributed by atoms with E-state index in [2.05, 4.69) is 34.3 Å². The van der Waals surface area contributed by atoms with Crippen molar-refractivity contribution in [1.82, 2.24) is 20.5 Å². The van der Waals surface area contributed by atoms with Gasteiger partial charge in [-0.3, -0.25) is 9.89 Å². The van der Waals surface area contributed by atoms with Gasteiger partial charge in [0, 0.05) is 19.1 Å². The molecule has 0 saturated carbocycles. The highest BCUT2D eigenvalue weighted by atomic mass is 16.5. The number of nitrogens with one attached hydrogen (secondary N) is 2. The zero-order valence-corrected chi connectivity index (χ0v) is 10.1. The van der Waals surface area contributed by atoms with Crippen molar-refractivity contribution in [3.8, 4) is 0 Å². The fourth-order valence-electron chi connectivity index (χ4n) is 2.23. The molecule has 17 heavy (non-hydrogen) atoms. The summed E-state index contributed by atoms with van der Waals surface area (Å²) in [6.07, 6.45) is 2.56. The molecular weight excluding hydrogens is 220 g/mol. The largest absolute Gasteiger partial charge is 0.378 e. The molecule has 1 fully saturated rings. The molecular formula is C11H18N4O2. The second-order valence-electron chi connectivity index (χ2n) is 4.67. The van der Waals surface area contributed by atoms with Crippen LogP contribution >= 0.6 is 0 Å². The van der Waals surface area contributed by atoms with E-state index < -0.39 is 0 Å². The predicted octanol–water partition coefficient (Wildman–Crippen LogP) is 0.596. The second kappa shape index (κ2) is 5.27. The molecule has 6 nitrogen and oxygen atoms in total. The van der Waals surface area contributed by atoms with Gasteiger partial charge in [0.2, 0.25) is 5.82 Å². The van der Waals surface area contributed by atoms with Crippen LogP contribution in [-0.4, -0.2) is 40.3 Å². The highest BCUT2D eigenvalue weighted by Gasteiger charge is 2.30. The smallest absolute Gasteiger partial charge is 0.288 e. The van der Waals surface area contributed by atoms with Gasteiger partial charge in [0.05, 0.1) is 6.10 Å². The molecule has 2 heterocycles. The first kappa shape index (κ1) is 12.0. The molecule has 1 aliphatic heterocycles. The Bertz CT molecular complexity index is 364. The molecule has 0 radical (unpaired) electrons. The number of carbonyl (C=O) groups is 1. The zero-order valence-electron chi connectivity index (χ0n) is 10.1. The highest BCUT2D eigenvalue weighted by Crippen LogP contribution is 2.26. The van der Waals surface area contributed by atoms with Crippen LogP contribution in [0.2, 0.25) is 0 Å². The molecule has 94 valence electrons. The van der Waals surface area contributed by atoms with Gasteiger partial charge in [-0.05, 0) is 12.3 Å². The van der Waals surface area contributed by atoms with Crippen LogP contribution in [0.1, 0.15) is 30.9 Å². The summed E-state index contributed by atoms with van der Waals surface area (Å²) in [4.78, 5) is 15.5. The summed E-state index contributed by atoms with van der Waals surface area (Å²) < 4.78 is 5.66. The molecule has 0 aliphatic carbocycles. The summed E-state index contributed by atoms with van der Waals surface area (Å²) in [5, 5.41) is 9.05. The number of rotatable bonds is 4. The van der Waals surface area contributed by atoms with Gasteiger partial charge in [-0.2, -0.15) is 5.10 Å². The molecule has 2 rings (SSSR count). The van der Waals surface area contributed by atoms with E-state index in [0.29, 0.717) is 18.4 Å². The SMILES string of the molecule is CC(C)[C@H]1OCC[C@@H]1CNC(=O)c1ncn[nH]1. The Kier molecular flexibility index (Phi) is 3.73.